The maximum Gasteiger partial charge on any atom is 0.573 e. The number of phenolic OH excluding ortho intramolecular Hbond substituents is 1. The summed E-state index contributed by atoms with van der Waals surface area (Å²) in [6, 6.07) is 7.29. The normalized spacial score (nSPS) is 11.4. The minimum Gasteiger partial charge on any atom is -0.508 e. The zero-order valence-corrected chi connectivity index (χ0v) is 10.3. The summed E-state index contributed by atoms with van der Waals surface area (Å²) in [5, 5.41) is 9.43. The van der Waals surface area contributed by atoms with Gasteiger partial charge in [-0.15, -0.1) is 13.2 Å². The summed E-state index contributed by atoms with van der Waals surface area (Å²) < 4.78 is 54.0. The maximum atomic E-state index is 13.8. The van der Waals surface area contributed by atoms with E-state index in [2.05, 4.69) is 4.74 Å². The predicted octanol–water partition coefficient (Wildman–Crippen LogP) is 4.41. The molecule has 106 valence electrons. The first kappa shape index (κ1) is 14.2. The topological polar surface area (TPSA) is 29.5 Å². The Morgan fingerprint density at radius 1 is 1.05 bits per heavy atom. The number of phenols is 1. The summed E-state index contributed by atoms with van der Waals surface area (Å²) >= 11 is 0. The van der Waals surface area contributed by atoms with Gasteiger partial charge < -0.3 is 9.84 Å². The second-order valence-electron chi connectivity index (χ2n) is 4.25. The Kier molecular flexibility index (Phi) is 3.57. The molecule has 0 heterocycles. The van der Waals surface area contributed by atoms with Gasteiger partial charge in [-0.2, -0.15) is 0 Å². The molecule has 0 aromatic heterocycles. The molecular weight excluding hydrogens is 276 g/mol. The average Bonchev–Trinajstić information content (AvgIpc) is 2.25. The minimum atomic E-state index is -4.88. The Morgan fingerprint density at radius 2 is 1.75 bits per heavy atom. The fourth-order valence-corrected chi connectivity index (χ4v) is 1.79. The van der Waals surface area contributed by atoms with Crippen LogP contribution in [0.25, 0.3) is 11.1 Å². The van der Waals surface area contributed by atoms with E-state index in [1.54, 1.807) is 13.0 Å². The van der Waals surface area contributed by atoms with E-state index in [1.165, 1.54) is 12.1 Å². The van der Waals surface area contributed by atoms with Crippen molar-refractivity contribution in [3.63, 3.8) is 0 Å². The minimum absolute atomic E-state index is 0.0820. The van der Waals surface area contributed by atoms with Crippen molar-refractivity contribution in [1.82, 2.24) is 0 Å². The highest BCUT2D eigenvalue weighted by Crippen LogP contribution is 2.33. The molecule has 0 unspecified atom stereocenters. The number of alkyl halides is 3. The number of ether oxygens (including phenoxy) is 1. The van der Waals surface area contributed by atoms with Crippen LogP contribution in [0.1, 0.15) is 5.56 Å². The first-order chi connectivity index (χ1) is 9.24. The first-order valence-corrected chi connectivity index (χ1v) is 5.61. The third kappa shape index (κ3) is 3.40. The molecule has 2 rings (SSSR count). The zero-order chi connectivity index (χ0) is 14.9. The second kappa shape index (κ2) is 5.03. The van der Waals surface area contributed by atoms with E-state index in [-0.39, 0.29) is 11.1 Å². The molecule has 0 radical (unpaired) electrons. The number of hydrogen-bond acceptors (Lipinski definition) is 2. The van der Waals surface area contributed by atoms with Crippen LogP contribution in [0.2, 0.25) is 0 Å². The van der Waals surface area contributed by atoms with Gasteiger partial charge in [-0.1, -0.05) is 12.1 Å². The van der Waals surface area contributed by atoms with Crippen molar-refractivity contribution in [1.29, 1.82) is 0 Å². The van der Waals surface area contributed by atoms with Crippen LogP contribution >= 0.6 is 0 Å². The molecule has 0 bridgehead atoms. The van der Waals surface area contributed by atoms with Crippen molar-refractivity contribution in [3.05, 3.63) is 47.8 Å². The van der Waals surface area contributed by atoms with Crippen molar-refractivity contribution < 1.29 is 27.4 Å². The summed E-state index contributed by atoms with van der Waals surface area (Å²) in [4.78, 5) is 0. The molecule has 0 atom stereocenters. The molecule has 20 heavy (non-hydrogen) atoms. The molecule has 2 aromatic rings. The van der Waals surface area contributed by atoms with Gasteiger partial charge in [0.1, 0.15) is 17.3 Å². The molecule has 0 saturated carbocycles. The molecule has 0 spiro atoms. The van der Waals surface area contributed by atoms with Gasteiger partial charge in [0, 0.05) is 11.6 Å². The second-order valence-corrected chi connectivity index (χ2v) is 4.25. The van der Waals surface area contributed by atoms with Gasteiger partial charge in [0.05, 0.1) is 0 Å². The largest absolute Gasteiger partial charge is 0.573 e. The zero-order valence-electron chi connectivity index (χ0n) is 10.3. The summed E-state index contributed by atoms with van der Waals surface area (Å²) in [7, 11) is 0. The van der Waals surface area contributed by atoms with Crippen molar-refractivity contribution in [2.45, 2.75) is 13.3 Å². The highest BCUT2D eigenvalue weighted by Gasteiger charge is 2.31. The van der Waals surface area contributed by atoms with E-state index in [9.17, 15) is 22.7 Å². The molecule has 0 amide bonds. The Labute approximate surface area is 112 Å². The van der Waals surface area contributed by atoms with Crippen LogP contribution in [-0.4, -0.2) is 11.5 Å². The van der Waals surface area contributed by atoms with E-state index in [4.69, 9.17) is 0 Å². The number of halogens is 4. The monoisotopic (exact) mass is 286 g/mol. The highest BCUT2D eigenvalue weighted by atomic mass is 19.4. The van der Waals surface area contributed by atoms with Gasteiger partial charge in [-0.05, 0) is 36.2 Å². The van der Waals surface area contributed by atoms with Crippen molar-refractivity contribution in [2.75, 3.05) is 0 Å². The fraction of sp³-hybridized carbons (Fsp3) is 0.143. The van der Waals surface area contributed by atoms with Crippen LogP contribution in [0.15, 0.2) is 36.4 Å². The first-order valence-electron chi connectivity index (χ1n) is 5.61. The molecule has 0 saturated heterocycles. The van der Waals surface area contributed by atoms with Crippen LogP contribution in [0, 0.1) is 12.7 Å². The van der Waals surface area contributed by atoms with Crippen LogP contribution in [0.5, 0.6) is 11.5 Å². The lowest BCUT2D eigenvalue weighted by molar-refractivity contribution is -0.274. The van der Waals surface area contributed by atoms with Gasteiger partial charge in [-0.3, -0.25) is 0 Å². The lowest BCUT2D eigenvalue weighted by Gasteiger charge is -2.11. The highest BCUT2D eigenvalue weighted by molar-refractivity contribution is 5.68. The number of hydrogen-bond donors (Lipinski definition) is 1. The quantitative estimate of drug-likeness (QED) is 0.829. The molecular formula is C14H10F4O2. The SMILES string of the molecule is Cc1ccc(-c2cc(O)cc(OC(F)(F)F)c2)c(F)c1. The third-order valence-electron chi connectivity index (χ3n) is 2.56. The molecule has 0 aliphatic heterocycles. The fourth-order valence-electron chi connectivity index (χ4n) is 1.79. The lowest BCUT2D eigenvalue weighted by atomic mass is 10.0. The van der Waals surface area contributed by atoms with Crippen LogP contribution in [0.4, 0.5) is 17.6 Å². The summed E-state index contributed by atoms with van der Waals surface area (Å²) in [6.45, 7) is 1.69. The molecule has 0 aliphatic carbocycles. The molecule has 6 heteroatoms. The Bertz CT molecular complexity index is 636. The molecule has 0 aliphatic rings. The lowest BCUT2D eigenvalue weighted by Crippen LogP contribution is -2.17. The maximum absolute atomic E-state index is 13.8. The molecule has 0 fully saturated rings. The third-order valence-corrected chi connectivity index (χ3v) is 2.56. The molecule has 2 nitrogen and oxygen atoms in total. The molecule has 2 aromatic carbocycles. The van der Waals surface area contributed by atoms with Gasteiger partial charge >= 0.3 is 6.36 Å². The Hall–Kier alpha value is -2.24. The van der Waals surface area contributed by atoms with Crippen molar-refractivity contribution in [2.24, 2.45) is 0 Å². The van der Waals surface area contributed by atoms with Crippen LogP contribution in [0.3, 0.4) is 0 Å². The summed E-state index contributed by atoms with van der Waals surface area (Å²) in [5.41, 5.74) is 0.860. The molecule has 1 N–H and O–H groups in total. The standard InChI is InChI=1S/C14H10F4O2/c1-8-2-3-12(13(15)4-8)9-5-10(19)7-11(6-9)20-14(16,17)18/h2-7,19H,1H3. The van der Waals surface area contributed by atoms with Crippen LogP contribution in [-0.2, 0) is 0 Å². The van der Waals surface area contributed by atoms with Crippen molar-refractivity contribution in [3.8, 4) is 22.6 Å². The smallest absolute Gasteiger partial charge is 0.508 e. The Morgan fingerprint density at radius 3 is 2.35 bits per heavy atom. The van der Waals surface area contributed by atoms with E-state index < -0.39 is 23.7 Å². The van der Waals surface area contributed by atoms with E-state index in [0.717, 1.165) is 18.2 Å². The van der Waals surface area contributed by atoms with E-state index in [0.29, 0.717) is 5.56 Å². The van der Waals surface area contributed by atoms with E-state index >= 15 is 0 Å². The number of benzene rings is 2. The summed E-state index contributed by atoms with van der Waals surface area (Å²) in [5.74, 6) is -1.64. The van der Waals surface area contributed by atoms with Crippen molar-refractivity contribution >= 4 is 0 Å². The number of aromatic hydroxyl groups is 1. The van der Waals surface area contributed by atoms with E-state index in [1.807, 2.05) is 0 Å². The van der Waals surface area contributed by atoms with Gasteiger partial charge in [0.15, 0.2) is 0 Å². The number of rotatable bonds is 2. The Balaban J connectivity index is 2.46. The van der Waals surface area contributed by atoms with Gasteiger partial charge in [-0.25, -0.2) is 4.39 Å². The summed E-state index contributed by atoms with van der Waals surface area (Å²) in [6.07, 6.45) is -4.88. The number of aryl methyl sites for hydroxylation is 1. The van der Waals surface area contributed by atoms with Crippen LogP contribution < -0.4 is 4.74 Å². The van der Waals surface area contributed by atoms with Gasteiger partial charge in [0.25, 0.3) is 0 Å². The van der Waals surface area contributed by atoms with Gasteiger partial charge in [0.2, 0.25) is 0 Å². The predicted molar refractivity (Wildman–Crippen MR) is 64.9 cm³/mol. The average molecular weight is 286 g/mol.